The summed E-state index contributed by atoms with van der Waals surface area (Å²) in [6.07, 6.45) is 1.70. The molecule has 84 valence electrons. The molecule has 0 spiro atoms. The zero-order chi connectivity index (χ0) is 10.8. The largest absolute Gasteiger partial charge is 0.403 e. The molecule has 6 heteroatoms. The number of ether oxygens (including phenoxy) is 1. The maximum Gasteiger partial charge on any atom is 0.403 e. The summed E-state index contributed by atoms with van der Waals surface area (Å²) in [5, 5.41) is 2.60. The molecular formula is C8H18NO4P. The standard InChI is InChI=1S/C8H18NO4P/c1-4-8-7(5-6(2)13-8)9-14(10,11)12-3/h6-8H,4-5H2,1-3H3,(H2,9,10,11). The van der Waals surface area contributed by atoms with Gasteiger partial charge in [0, 0.05) is 13.2 Å². The summed E-state index contributed by atoms with van der Waals surface area (Å²) >= 11 is 0. The van der Waals surface area contributed by atoms with E-state index in [2.05, 4.69) is 9.61 Å². The second-order valence-electron chi connectivity index (χ2n) is 3.57. The fraction of sp³-hybridized carbons (Fsp3) is 1.00. The number of hydrogen-bond donors (Lipinski definition) is 2. The first kappa shape index (κ1) is 12.1. The first-order valence-electron chi connectivity index (χ1n) is 4.80. The highest BCUT2D eigenvalue weighted by atomic mass is 31.2. The van der Waals surface area contributed by atoms with Crippen LogP contribution in [0.2, 0.25) is 0 Å². The third-order valence-electron chi connectivity index (χ3n) is 2.42. The zero-order valence-electron chi connectivity index (χ0n) is 8.77. The van der Waals surface area contributed by atoms with Crippen molar-refractivity contribution in [2.75, 3.05) is 7.11 Å². The summed E-state index contributed by atoms with van der Waals surface area (Å²) in [5.74, 6) is 0. The summed E-state index contributed by atoms with van der Waals surface area (Å²) in [5.41, 5.74) is 0. The van der Waals surface area contributed by atoms with Crippen molar-refractivity contribution in [3.63, 3.8) is 0 Å². The lowest BCUT2D eigenvalue weighted by Gasteiger charge is -2.20. The van der Waals surface area contributed by atoms with Gasteiger partial charge >= 0.3 is 7.75 Å². The monoisotopic (exact) mass is 223 g/mol. The molecule has 0 radical (unpaired) electrons. The molecule has 1 fully saturated rings. The molecule has 0 aromatic carbocycles. The lowest BCUT2D eigenvalue weighted by Crippen LogP contribution is -2.34. The Hall–Kier alpha value is 0.0700. The molecule has 5 nitrogen and oxygen atoms in total. The zero-order valence-corrected chi connectivity index (χ0v) is 9.66. The molecule has 2 N–H and O–H groups in total. The molecule has 4 unspecified atom stereocenters. The van der Waals surface area contributed by atoms with E-state index < -0.39 is 7.75 Å². The van der Waals surface area contributed by atoms with Gasteiger partial charge in [-0.1, -0.05) is 6.92 Å². The summed E-state index contributed by atoms with van der Waals surface area (Å²) in [4.78, 5) is 9.25. The van der Waals surface area contributed by atoms with Gasteiger partial charge in [-0.15, -0.1) is 0 Å². The number of rotatable bonds is 4. The van der Waals surface area contributed by atoms with Crippen molar-refractivity contribution in [1.29, 1.82) is 0 Å². The smallest absolute Gasteiger partial charge is 0.374 e. The van der Waals surface area contributed by atoms with E-state index in [1.807, 2.05) is 13.8 Å². The Morgan fingerprint density at radius 1 is 1.71 bits per heavy atom. The van der Waals surface area contributed by atoms with Gasteiger partial charge in [0.15, 0.2) is 0 Å². The normalized spacial score (nSPS) is 37.0. The van der Waals surface area contributed by atoms with Crippen molar-refractivity contribution >= 4 is 7.75 Å². The molecule has 1 aliphatic rings. The lowest BCUT2D eigenvalue weighted by atomic mass is 10.1. The van der Waals surface area contributed by atoms with Crippen molar-refractivity contribution in [3.05, 3.63) is 0 Å². The van der Waals surface area contributed by atoms with E-state index in [1.54, 1.807) is 0 Å². The lowest BCUT2D eigenvalue weighted by molar-refractivity contribution is 0.0479. The van der Waals surface area contributed by atoms with E-state index in [0.717, 1.165) is 12.8 Å². The summed E-state index contributed by atoms with van der Waals surface area (Å²) in [6.45, 7) is 3.95. The second kappa shape index (κ2) is 4.73. The van der Waals surface area contributed by atoms with Crippen LogP contribution in [-0.4, -0.2) is 30.3 Å². The molecule has 0 bridgehead atoms. The Morgan fingerprint density at radius 2 is 2.36 bits per heavy atom. The average Bonchev–Trinajstić information content (AvgIpc) is 2.45. The molecule has 1 aliphatic heterocycles. The Balaban J connectivity index is 2.55. The summed E-state index contributed by atoms with van der Waals surface area (Å²) in [7, 11) is -2.41. The van der Waals surface area contributed by atoms with Crippen LogP contribution in [0.25, 0.3) is 0 Å². The molecule has 1 rings (SSSR count). The van der Waals surface area contributed by atoms with Crippen molar-refractivity contribution in [2.24, 2.45) is 0 Å². The van der Waals surface area contributed by atoms with E-state index in [4.69, 9.17) is 4.74 Å². The van der Waals surface area contributed by atoms with Crippen LogP contribution in [0, 0.1) is 0 Å². The van der Waals surface area contributed by atoms with E-state index in [0.29, 0.717) is 0 Å². The van der Waals surface area contributed by atoms with Gasteiger partial charge in [-0.25, -0.2) is 9.65 Å². The van der Waals surface area contributed by atoms with Crippen LogP contribution in [0.5, 0.6) is 0 Å². The van der Waals surface area contributed by atoms with Crippen molar-refractivity contribution < 1.29 is 18.7 Å². The van der Waals surface area contributed by atoms with Crippen LogP contribution >= 0.6 is 7.75 Å². The highest BCUT2D eigenvalue weighted by molar-refractivity contribution is 7.50. The summed E-state index contributed by atoms with van der Waals surface area (Å²) in [6, 6.07) is -0.0919. The van der Waals surface area contributed by atoms with Gasteiger partial charge in [-0.05, 0) is 19.8 Å². The van der Waals surface area contributed by atoms with E-state index >= 15 is 0 Å². The quantitative estimate of drug-likeness (QED) is 0.703. The number of hydrogen-bond acceptors (Lipinski definition) is 3. The minimum Gasteiger partial charge on any atom is -0.374 e. The van der Waals surface area contributed by atoms with Gasteiger partial charge in [0.1, 0.15) is 0 Å². The van der Waals surface area contributed by atoms with Crippen LogP contribution in [0.4, 0.5) is 0 Å². The molecule has 0 saturated carbocycles. The van der Waals surface area contributed by atoms with Crippen LogP contribution in [-0.2, 0) is 13.8 Å². The maximum atomic E-state index is 11.3. The van der Waals surface area contributed by atoms with E-state index in [9.17, 15) is 9.46 Å². The minimum absolute atomic E-state index is 0.000579. The second-order valence-corrected chi connectivity index (χ2v) is 5.23. The highest BCUT2D eigenvalue weighted by Crippen LogP contribution is 2.39. The Bertz CT molecular complexity index is 235. The third kappa shape index (κ3) is 3.04. The Morgan fingerprint density at radius 3 is 2.86 bits per heavy atom. The highest BCUT2D eigenvalue weighted by Gasteiger charge is 2.35. The molecule has 14 heavy (non-hydrogen) atoms. The molecule has 0 aromatic heterocycles. The molecule has 4 atom stereocenters. The fourth-order valence-corrected chi connectivity index (χ4v) is 2.53. The Labute approximate surface area is 84.4 Å². The van der Waals surface area contributed by atoms with Crippen LogP contribution in [0.1, 0.15) is 26.7 Å². The van der Waals surface area contributed by atoms with Crippen molar-refractivity contribution in [3.8, 4) is 0 Å². The van der Waals surface area contributed by atoms with Gasteiger partial charge in [0.25, 0.3) is 0 Å². The molecular weight excluding hydrogens is 205 g/mol. The van der Waals surface area contributed by atoms with Gasteiger partial charge < -0.3 is 14.2 Å². The fourth-order valence-electron chi connectivity index (χ4n) is 1.74. The van der Waals surface area contributed by atoms with Gasteiger partial charge in [-0.3, -0.25) is 0 Å². The predicted molar refractivity (Wildman–Crippen MR) is 53.0 cm³/mol. The molecule has 0 aromatic rings. The van der Waals surface area contributed by atoms with Crippen LogP contribution in [0.15, 0.2) is 0 Å². The minimum atomic E-state index is -3.63. The maximum absolute atomic E-state index is 11.3. The van der Waals surface area contributed by atoms with E-state index in [1.165, 1.54) is 7.11 Å². The van der Waals surface area contributed by atoms with Crippen molar-refractivity contribution in [2.45, 2.75) is 44.9 Å². The Kier molecular flexibility index (Phi) is 4.10. The predicted octanol–water partition coefficient (Wildman–Crippen LogP) is 1.28. The first-order chi connectivity index (χ1) is 6.48. The first-order valence-corrected chi connectivity index (χ1v) is 6.38. The third-order valence-corrected chi connectivity index (χ3v) is 3.57. The SMILES string of the molecule is CCC1OC(C)CC1NP(=O)(O)OC. The topological polar surface area (TPSA) is 67.8 Å². The van der Waals surface area contributed by atoms with Crippen LogP contribution < -0.4 is 5.09 Å². The van der Waals surface area contributed by atoms with Gasteiger partial charge in [0.05, 0.1) is 12.2 Å². The average molecular weight is 223 g/mol. The van der Waals surface area contributed by atoms with Gasteiger partial charge in [0.2, 0.25) is 0 Å². The molecule has 1 heterocycles. The van der Waals surface area contributed by atoms with E-state index in [-0.39, 0.29) is 18.2 Å². The van der Waals surface area contributed by atoms with Crippen LogP contribution in [0.3, 0.4) is 0 Å². The molecule has 0 amide bonds. The van der Waals surface area contributed by atoms with Crippen molar-refractivity contribution in [1.82, 2.24) is 5.09 Å². The number of nitrogens with one attached hydrogen (secondary N) is 1. The molecule has 0 aliphatic carbocycles. The summed E-state index contributed by atoms with van der Waals surface area (Å²) < 4.78 is 21.3. The van der Waals surface area contributed by atoms with Gasteiger partial charge in [-0.2, -0.15) is 0 Å². The molecule has 1 saturated heterocycles.